The van der Waals surface area contributed by atoms with Gasteiger partial charge in [0.25, 0.3) is 0 Å². The first kappa shape index (κ1) is 8.97. The maximum absolute atomic E-state index is 5.16. The van der Waals surface area contributed by atoms with Gasteiger partial charge in [-0.2, -0.15) is 0 Å². The van der Waals surface area contributed by atoms with Crippen molar-refractivity contribution >= 4 is 0 Å². The summed E-state index contributed by atoms with van der Waals surface area (Å²) in [6, 6.07) is 0. The van der Waals surface area contributed by atoms with Crippen LogP contribution >= 0.6 is 0 Å². The van der Waals surface area contributed by atoms with E-state index in [0.29, 0.717) is 12.7 Å². The molecular weight excluding hydrogens is 142 g/mol. The molecule has 0 amide bonds. The van der Waals surface area contributed by atoms with E-state index >= 15 is 0 Å². The Hall–Kier alpha value is -0.120. The van der Waals surface area contributed by atoms with Gasteiger partial charge in [0.05, 0.1) is 13.2 Å². The average molecular weight is 159 g/mol. The van der Waals surface area contributed by atoms with Crippen molar-refractivity contribution in [1.82, 2.24) is 5.32 Å². The van der Waals surface area contributed by atoms with Gasteiger partial charge in [-0.05, 0) is 19.5 Å². The monoisotopic (exact) mass is 159 g/mol. The molecular formula is C8H17NO2. The predicted molar refractivity (Wildman–Crippen MR) is 43.4 cm³/mol. The minimum atomic E-state index is 0.484. The number of hydrogen-bond acceptors (Lipinski definition) is 3. The Morgan fingerprint density at radius 1 is 1.36 bits per heavy atom. The second kappa shape index (κ2) is 5.52. The molecule has 0 bridgehead atoms. The maximum Gasteiger partial charge on any atom is 0.146 e. The van der Waals surface area contributed by atoms with Gasteiger partial charge in [0.15, 0.2) is 0 Å². The Morgan fingerprint density at radius 2 is 2.09 bits per heavy atom. The molecule has 1 heterocycles. The van der Waals surface area contributed by atoms with Crippen molar-refractivity contribution in [2.45, 2.75) is 13.3 Å². The van der Waals surface area contributed by atoms with Gasteiger partial charge in [-0.1, -0.05) is 6.92 Å². The van der Waals surface area contributed by atoms with Crippen LogP contribution in [0.4, 0.5) is 0 Å². The largest absolute Gasteiger partial charge is 0.355 e. The summed E-state index contributed by atoms with van der Waals surface area (Å²) >= 11 is 0. The lowest BCUT2D eigenvalue weighted by Crippen LogP contribution is -2.27. The van der Waals surface area contributed by atoms with Crippen molar-refractivity contribution in [2.24, 2.45) is 5.92 Å². The van der Waals surface area contributed by atoms with E-state index in [-0.39, 0.29) is 0 Å². The van der Waals surface area contributed by atoms with Crippen molar-refractivity contribution in [2.75, 3.05) is 33.1 Å². The minimum Gasteiger partial charge on any atom is -0.355 e. The quantitative estimate of drug-likeness (QED) is 0.609. The molecule has 66 valence electrons. The molecule has 1 aliphatic heterocycles. The molecule has 11 heavy (non-hydrogen) atoms. The molecule has 1 saturated heterocycles. The van der Waals surface area contributed by atoms with E-state index in [1.165, 1.54) is 0 Å². The Balaban J connectivity index is 1.96. The number of hydrogen-bond donors (Lipinski definition) is 1. The minimum absolute atomic E-state index is 0.484. The van der Waals surface area contributed by atoms with E-state index < -0.39 is 0 Å². The molecule has 3 heteroatoms. The molecule has 1 rings (SSSR count). The predicted octanol–water partition coefficient (Wildman–Crippen LogP) is 0.606. The summed E-state index contributed by atoms with van der Waals surface area (Å²) in [6.45, 7) is 6.46. The van der Waals surface area contributed by atoms with Crippen LogP contribution in [0.25, 0.3) is 0 Å². The van der Waals surface area contributed by atoms with Crippen molar-refractivity contribution in [3.8, 4) is 0 Å². The second-order valence-corrected chi connectivity index (χ2v) is 2.87. The van der Waals surface area contributed by atoms with Gasteiger partial charge in [-0.15, -0.1) is 0 Å². The van der Waals surface area contributed by atoms with Gasteiger partial charge in [0, 0.05) is 5.92 Å². The Kier molecular flexibility index (Phi) is 4.50. The van der Waals surface area contributed by atoms with Crippen LogP contribution in [-0.4, -0.2) is 33.1 Å². The van der Waals surface area contributed by atoms with Gasteiger partial charge in [-0.3, -0.25) is 0 Å². The van der Waals surface area contributed by atoms with Crippen molar-refractivity contribution in [3.63, 3.8) is 0 Å². The van der Waals surface area contributed by atoms with Crippen LogP contribution in [0.1, 0.15) is 13.3 Å². The van der Waals surface area contributed by atoms with Gasteiger partial charge in [-0.25, -0.2) is 0 Å². The summed E-state index contributed by atoms with van der Waals surface area (Å²) in [5, 5.41) is 3.28. The normalized spacial score (nSPS) is 20.5. The van der Waals surface area contributed by atoms with E-state index in [1.54, 1.807) is 0 Å². The second-order valence-electron chi connectivity index (χ2n) is 2.87. The van der Waals surface area contributed by atoms with Crippen molar-refractivity contribution in [3.05, 3.63) is 0 Å². The summed E-state index contributed by atoms with van der Waals surface area (Å²) in [7, 11) is 0. The smallest absolute Gasteiger partial charge is 0.146 e. The van der Waals surface area contributed by atoms with Gasteiger partial charge in [0.1, 0.15) is 6.79 Å². The van der Waals surface area contributed by atoms with E-state index in [9.17, 15) is 0 Å². The van der Waals surface area contributed by atoms with E-state index in [0.717, 1.165) is 32.7 Å². The zero-order chi connectivity index (χ0) is 7.94. The van der Waals surface area contributed by atoms with Gasteiger partial charge >= 0.3 is 0 Å². The highest BCUT2D eigenvalue weighted by molar-refractivity contribution is 4.60. The van der Waals surface area contributed by atoms with Crippen LogP contribution in [-0.2, 0) is 9.47 Å². The molecule has 0 aromatic carbocycles. The molecule has 0 saturated carbocycles. The van der Waals surface area contributed by atoms with Gasteiger partial charge < -0.3 is 14.8 Å². The molecule has 1 aliphatic rings. The highest BCUT2D eigenvalue weighted by Gasteiger charge is 2.12. The van der Waals surface area contributed by atoms with E-state index in [1.807, 2.05) is 0 Å². The first-order valence-corrected chi connectivity index (χ1v) is 4.29. The first-order valence-electron chi connectivity index (χ1n) is 4.29. The van der Waals surface area contributed by atoms with Crippen molar-refractivity contribution in [1.29, 1.82) is 0 Å². The molecule has 0 unspecified atom stereocenters. The fourth-order valence-electron chi connectivity index (χ4n) is 1.19. The number of rotatable bonds is 4. The zero-order valence-electron chi connectivity index (χ0n) is 7.14. The summed E-state index contributed by atoms with van der Waals surface area (Å²) in [6.07, 6.45) is 1.16. The molecule has 1 fully saturated rings. The van der Waals surface area contributed by atoms with Crippen LogP contribution in [0, 0.1) is 5.92 Å². The lowest BCUT2D eigenvalue weighted by Gasteiger charge is -2.22. The topological polar surface area (TPSA) is 30.5 Å². The molecule has 0 aromatic rings. The molecule has 1 N–H and O–H groups in total. The number of nitrogens with one attached hydrogen (secondary N) is 1. The van der Waals surface area contributed by atoms with Crippen LogP contribution in [0.2, 0.25) is 0 Å². The van der Waals surface area contributed by atoms with Crippen LogP contribution in [0.3, 0.4) is 0 Å². The third-order valence-electron chi connectivity index (χ3n) is 1.85. The number of ether oxygens (including phenoxy) is 2. The van der Waals surface area contributed by atoms with Crippen LogP contribution in [0.15, 0.2) is 0 Å². The summed E-state index contributed by atoms with van der Waals surface area (Å²) in [5.74, 6) is 0.600. The van der Waals surface area contributed by atoms with E-state index in [4.69, 9.17) is 9.47 Å². The third-order valence-corrected chi connectivity index (χ3v) is 1.85. The molecule has 0 aromatic heterocycles. The third kappa shape index (κ3) is 3.70. The molecule has 0 aliphatic carbocycles. The highest BCUT2D eigenvalue weighted by atomic mass is 16.7. The zero-order valence-corrected chi connectivity index (χ0v) is 7.14. The average Bonchev–Trinajstić information content (AvgIpc) is 2.07. The summed E-state index contributed by atoms with van der Waals surface area (Å²) < 4.78 is 10.3. The lowest BCUT2D eigenvalue weighted by molar-refractivity contribution is -0.126. The molecule has 0 radical (unpaired) electrons. The van der Waals surface area contributed by atoms with Crippen LogP contribution in [0.5, 0.6) is 0 Å². The Morgan fingerprint density at radius 3 is 2.73 bits per heavy atom. The maximum atomic E-state index is 5.16. The summed E-state index contributed by atoms with van der Waals surface area (Å²) in [5.41, 5.74) is 0. The molecule has 0 spiro atoms. The standard InChI is InChI=1S/C8H17NO2/c1-2-9-4-3-8-5-10-7-11-6-8/h8-9H,2-7H2,1H3. The van der Waals surface area contributed by atoms with Gasteiger partial charge in [0.2, 0.25) is 0 Å². The SMILES string of the molecule is CCNCCC1COCOC1. The highest BCUT2D eigenvalue weighted by Crippen LogP contribution is 2.08. The van der Waals surface area contributed by atoms with Crippen LogP contribution < -0.4 is 5.32 Å². The lowest BCUT2D eigenvalue weighted by atomic mass is 10.1. The summed E-state index contributed by atoms with van der Waals surface area (Å²) in [4.78, 5) is 0. The Bertz CT molecular complexity index is 92.1. The van der Waals surface area contributed by atoms with E-state index in [2.05, 4.69) is 12.2 Å². The molecule has 3 nitrogen and oxygen atoms in total. The fraction of sp³-hybridized carbons (Fsp3) is 1.00. The Labute approximate surface area is 68.1 Å². The first-order chi connectivity index (χ1) is 5.43. The molecule has 0 atom stereocenters. The van der Waals surface area contributed by atoms with Crippen molar-refractivity contribution < 1.29 is 9.47 Å². The fourth-order valence-corrected chi connectivity index (χ4v) is 1.19.